The number of hydrogen-bond acceptors (Lipinski definition) is 1. The quantitative estimate of drug-likeness (QED) is 0.839. The fourth-order valence-electron chi connectivity index (χ4n) is 2.84. The summed E-state index contributed by atoms with van der Waals surface area (Å²) >= 11 is 0. The van der Waals surface area contributed by atoms with E-state index in [0.29, 0.717) is 11.8 Å². The average molecular weight is 242 g/mol. The Kier molecular flexibility index (Phi) is 2.70. The second-order valence-corrected chi connectivity index (χ2v) is 5.99. The van der Waals surface area contributed by atoms with E-state index < -0.39 is 0 Å². The Morgan fingerprint density at radius 1 is 1.28 bits per heavy atom. The number of fused-ring (bicyclic) bond motifs is 1. The molecule has 2 nitrogen and oxygen atoms in total. The molecule has 0 radical (unpaired) electrons. The molecule has 1 aliphatic carbocycles. The molecule has 1 unspecified atom stereocenters. The molecule has 3 rings (SSSR count). The molecule has 1 heterocycles. The van der Waals surface area contributed by atoms with Gasteiger partial charge in [0.1, 0.15) is 0 Å². The van der Waals surface area contributed by atoms with E-state index in [-0.39, 0.29) is 6.04 Å². The highest BCUT2D eigenvalue weighted by atomic mass is 14.8. The maximum absolute atomic E-state index is 6.42. The van der Waals surface area contributed by atoms with Gasteiger partial charge in [-0.25, -0.2) is 0 Å². The first-order chi connectivity index (χ1) is 8.58. The summed E-state index contributed by atoms with van der Waals surface area (Å²) in [5.41, 5.74) is 11.6. The Bertz CT molecular complexity index is 576. The fourth-order valence-corrected chi connectivity index (χ4v) is 2.84. The van der Waals surface area contributed by atoms with Gasteiger partial charge >= 0.3 is 0 Å². The highest BCUT2D eigenvalue weighted by molar-refractivity contribution is 5.86. The Balaban J connectivity index is 2.15. The fraction of sp³-hybridized carbons (Fsp3) is 0.500. The SMILES string of the molecule is Cc1[nH]c2ccc(C(C)C)cc2c1C(N)C1CC1. The molecule has 1 atom stereocenters. The van der Waals surface area contributed by atoms with E-state index in [1.54, 1.807) is 0 Å². The molecule has 1 aromatic heterocycles. The van der Waals surface area contributed by atoms with Crippen LogP contribution in [0.15, 0.2) is 18.2 Å². The lowest BCUT2D eigenvalue weighted by atomic mass is 9.96. The van der Waals surface area contributed by atoms with E-state index in [9.17, 15) is 0 Å². The normalized spacial score (nSPS) is 17.6. The van der Waals surface area contributed by atoms with Crippen LogP contribution in [0.25, 0.3) is 10.9 Å². The van der Waals surface area contributed by atoms with E-state index in [1.165, 1.54) is 40.6 Å². The van der Waals surface area contributed by atoms with Gasteiger partial charge in [-0.2, -0.15) is 0 Å². The van der Waals surface area contributed by atoms with Gasteiger partial charge < -0.3 is 10.7 Å². The van der Waals surface area contributed by atoms with Gasteiger partial charge in [0.05, 0.1) is 0 Å². The van der Waals surface area contributed by atoms with Crippen molar-refractivity contribution in [1.82, 2.24) is 4.98 Å². The zero-order valence-corrected chi connectivity index (χ0v) is 11.5. The third kappa shape index (κ3) is 1.85. The van der Waals surface area contributed by atoms with Crippen molar-refractivity contribution in [2.24, 2.45) is 11.7 Å². The minimum atomic E-state index is 0.209. The highest BCUT2D eigenvalue weighted by Gasteiger charge is 2.32. The maximum Gasteiger partial charge on any atom is 0.0459 e. The van der Waals surface area contributed by atoms with E-state index in [1.807, 2.05) is 0 Å². The van der Waals surface area contributed by atoms with Gasteiger partial charge in [0, 0.05) is 22.6 Å². The Hall–Kier alpha value is -1.28. The standard InChI is InChI=1S/C16H22N2/c1-9(2)12-6-7-14-13(8-12)15(10(3)18-14)16(17)11-4-5-11/h6-9,11,16,18H,4-5,17H2,1-3H3. The van der Waals surface area contributed by atoms with Gasteiger partial charge in [-0.1, -0.05) is 19.9 Å². The minimum Gasteiger partial charge on any atom is -0.358 e. The van der Waals surface area contributed by atoms with Crippen LogP contribution in [0.3, 0.4) is 0 Å². The largest absolute Gasteiger partial charge is 0.358 e. The molecule has 1 aromatic carbocycles. The zero-order chi connectivity index (χ0) is 12.9. The molecule has 0 amide bonds. The first kappa shape index (κ1) is 11.8. The van der Waals surface area contributed by atoms with Crippen LogP contribution in [0.5, 0.6) is 0 Å². The third-order valence-electron chi connectivity index (χ3n) is 4.19. The Labute approximate surface area is 109 Å². The monoisotopic (exact) mass is 242 g/mol. The molecule has 96 valence electrons. The number of aromatic nitrogens is 1. The lowest BCUT2D eigenvalue weighted by Gasteiger charge is -2.12. The van der Waals surface area contributed by atoms with Crippen molar-refractivity contribution in [1.29, 1.82) is 0 Å². The maximum atomic E-state index is 6.42. The van der Waals surface area contributed by atoms with Crippen molar-refractivity contribution in [3.8, 4) is 0 Å². The van der Waals surface area contributed by atoms with Crippen molar-refractivity contribution in [2.75, 3.05) is 0 Å². The molecule has 1 aliphatic rings. The number of H-pyrrole nitrogens is 1. The van der Waals surface area contributed by atoms with Crippen LogP contribution >= 0.6 is 0 Å². The molecule has 3 N–H and O–H groups in total. The predicted molar refractivity (Wildman–Crippen MR) is 76.8 cm³/mol. The second-order valence-electron chi connectivity index (χ2n) is 5.99. The molecule has 2 aromatic rings. The number of nitrogens with two attached hydrogens (primary N) is 1. The lowest BCUT2D eigenvalue weighted by Crippen LogP contribution is -2.13. The summed E-state index contributed by atoms with van der Waals surface area (Å²) in [6.45, 7) is 6.62. The first-order valence-electron chi connectivity index (χ1n) is 6.95. The van der Waals surface area contributed by atoms with E-state index >= 15 is 0 Å². The first-order valence-corrected chi connectivity index (χ1v) is 6.95. The summed E-state index contributed by atoms with van der Waals surface area (Å²) in [6, 6.07) is 6.94. The van der Waals surface area contributed by atoms with Crippen molar-refractivity contribution in [3.63, 3.8) is 0 Å². The summed E-state index contributed by atoms with van der Waals surface area (Å²) in [5, 5.41) is 1.33. The summed E-state index contributed by atoms with van der Waals surface area (Å²) in [5.74, 6) is 1.26. The van der Waals surface area contributed by atoms with Gasteiger partial charge in [-0.15, -0.1) is 0 Å². The molecule has 1 saturated carbocycles. The topological polar surface area (TPSA) is 41.8 Å². The number of aromatic amines is 1. The molecular weight excluding hydrogens is 220 g/mol. The summed E-state index contributed by atoms with van der Waals surface area (Å²) in [4.78, 5) is 3.48. The van der Waals surface area contributed by atoms with Crippen LogP contribution in [0, 0.1) is 12.8 Å². The van der Waals surface area contributed by atoms with Crippen molar-refractivity contribution < 1.29 is 0 Å². The molecule has 0 bridgehead atoms. The van der Waals surface area contributed by atoms with Crippen LogP contribution in [-0.2, 0) is 0 Å². The van der Waals surface area contributed by atoms with Crippen LogP contribution in [0.1, 0.15) is 55.5 Å². The smallest absolute Gasteiger partial charge is 0.0459 e. The number of rotatable bonds is 3. The van der Waals surface area contributed by atoms with Gasteiger partial charge in [0.15, 0.2) is 0 Å². The second kappa shape index (κ2) is 4.13. The molecular formula is C16H22N2. The average Bonchev–Trinajstić information content (AvgIpc) is 3.10. The van der Waals surface area contributed by atoms with E-state index in [2.05, 4.69) is 44.0 Å². The summed E-state index contributed by atoms with van der Waals surface area (Å²) in [6.07, 6.45) is 2.58. The van der Waals surface area contributed by atoms with Gasteiger partial charge in [-0.3, -0.25) is 0 Å². The Morgan fingerprint density at radius 2 is 2.00 bits per heavy atom. The van der Waals surface area contributed by atoms with Crippen molar-refractivity contribution in [2.45, 2.75) is 45.6 Å². The van der Waals surface area contributed by atoms with Crippen molar-refractivity contribution in [3.05, 3.63) is 35.0 Å². The molecule has 0 aliphatic heterocycles. The van der Waals surface area contributed by atoms with Crippen molar-refractivity contribution >= 4 is 10.9 Å². The van der Waals surface area contributed by atoms with Crippen LogP contribution in [0.4, 0.5) is 0 Å². The van der Waals surface area contributed by atoms with Crippen LogP contribution < -0.4 is 5.73 Å². The number of aryl methyl sites for hydroxylation is 1. The third-order valence-corrected chi connectivity index (χ3v) is 4.19. The Morgan fingerprint density at radius 3 is 2.61 bits per heavy atom. The number of hydrogen-bond donors (Lipinski definition) is 2. The molecule has 0 saturated heterocycles. The van der Waals surface area contributed by atoms with Crippen LogP contribution in [-0.4, -0.2) is 4.98 Å². The summed E-state index contributed by atoms with van der Waals surface area (Å²) < 4.78 is 0. The summed E-state index contributed by atoms with van der Waals surface area (Å²) in [7, 11) is 0. The molecule has 1 fully saturated rings. The minimum absolute atomic E-state index is 0.209. The van der Waals surface area contributed by atoms with E-state index in [0.717, 1.165) is 0 Å². The number of nitrogens with one attached hydrogen (secondary N) is 1. The predicted octanol–water partition coefficient (Wildman–Crippen LogP) is 4.01. The highest BCUT2D eigenvalue weighted by Crippen LogP contribution is 2.42. The van der Waals surface area contributed by atoms with Gasteiger partial charge in [0.25, 0.3) is 0 Å². The lowest BCUT2D eigenvalue weighted by molar-refractivity contribution is 0.634. The van der Waals surface area contributed by atoms with Gasteiger partial charge in [-0.05, 0) is 54.9 Å². The number of benzene rings is 1. The zero-order valence-electron chi connectivity index (χ0n) is 11.5. The molecule has 0 spiro atoms. The molecule has 18 heavy (non-hydrogen) atoms. The van der Waals surface area contributed by atoms with Gasteiger partial charge in [0.2, 0.25) is 0 Å². The van der Waals surface area contributed by atoms with E-state index in [4.69, 9.17) is 5.73 Å². The molecule has 2 heteroatoms. The van der Waals surface area contributed by atoms with Crippen LogP contribution in [0.2, 0.25) is 0 Å².